The first-order valence-electron chi connectivity index (χ1n) is 6.29. The fourth-order valence-electron chi connectivity index (χ4n) is 2.19. The van der Waals surface area contributed by atoms with Crippen LogP contribution in [0.1, 0.15) is 0 Å². The minimum atomic E-state index is -0.458. The SMILES string of the molecule is NCC1CN(c2nc3ccc([N+](=O)[O-])cc3o2)CCO1. The first-order valence-corrected chi connectivity index (χ1v) is 6.29. The smallest absolute Gasteiger partial charge is 0.298 e. The molecule has 1 saturated heterocycles. The Balaban J connectivity index is 1.90. The average molecular weight is 278 g/mol. The van der Waals surface area contributed by atoms with Crippen molar-refractivity contribution >= 4 is 22.8 Å². The normalized spacial score (nSPS) is 19.4. The van der Waals surface area contributed by atoms with Crippen LogP contribution in [0.2, 0.25) is 0 Å². The number of fused-ring (bicyclic) bond motifs is 1. The number of nitro benzene ring substituents is 1. The lowest BCUT2D eigenvalue weighted by Crippen LogP contribution is -2.45. The number of nitrogens with two attached hydrogens (primary N) is 1. The van der Waals surface area contributed by atoms with E-state index in [9.17, 15) is 10.1 Å². The minimum Gasteiger partial charge on any atom is -0.423 e. The average Bonchev–Trinajstić information content (AvgIpc) is 2.90. The third kappa shape index (κ3) is 2.30. The number of hydrogen-bond donors (Lipinski definition) is 1. The molecule has 1 aromatic carbocycles. The van der Waals surface area contributed by atoms with E-state index in [1.165, 1.54) is 12.1 Å². The Kier molecular flexibility index (Phi) is 3.25. The second-order valence-corrected chi connectivity index (χ2v) is 4.58. The Labute approximate surface area is 114 Å². The Bertz CT molecular complexity index is 641. The van der Waals surface area contributed by atoms with Crippen molar-refractivity contribution in [3.63, 3.8) is 0 Å². The number of morpholine rings is 1. The van der Waals surface area contributed by atoms with Crippen molar-refractivity contribution in [3.8, 4) is 0 Å². The van der Waals surface area contributed by atoms with E-state index in [1.54, 1.807) is 6.07 Å². The lowest BCUT2D eigenvalue weighted by Gasteiger charge is -2.30. The highest BCUT2D eigenvalue weighted by Crippen LogP contribution is 2.26. The Morgan fingerprint density at radius 1 is 1.55 bits per heavy atom. The van der Waals surface area contributed by atoms with E-state index in [0.717, 1.165) is 0 Å². The summed E-state index contributed by atoms with van der Waals surface area (Å²) in [4.78, 5) is 16.6. The van der Waals surface area contributed by atoms with Crippen molar-refractivity contribution < 1.29 is 14.1 Å². The number of nitrogens with zero attached hydrogens (tertiary/aromatic N) is 3. The van der Waals surface area contributed by atoms with Crippen LogP contribution in [0.25, 0.3) is 11.1 Å². The molecule has 0 spiro atoms. The van der Waals surface area contributed by atoms with Gasteiger partial charge in [0.15, 0.2) is 5.58 Å². The highest BCUT2D eigenvalue weighted by atomic mass is 16.6. The van der Waals surface area contributed by atoms with Crippen LogP contribution in [0.3, 0.4) is 0 Å². The summed E-state index contributed by atoms with van der Waals surface area (Å²) in [5.41, 5.74) is 6.59. The van der Waals surface area contributed by atoms with Gasteiger partial charge in [0, 0.05) is 25.7 Å². The van der Waals surface area contributed by atoms with E-state index in [0.29, 0.717) is 43.4 Å². The predicted molar refractivity (Wildman–Crippen MR) is 71.7 cm³/mol. The van der Waals surface area contributed by atoms with Gasteiger partial charge in [-0.2, -0.15) is 4.98 Å². The van der Waals surface area contributed by atoms with Crippen LogP contribution in [-0.2, 0) is 4.74 Å². The zero-order valence-corrected chi connectivity index (χ0v) is 10.7. The van der Waals surface area contributed by atoms with Gasteiger partial charge < -0.3 is 19.8 Å². The van der Waals surface area contributed by atoms with Gasteiger partial charge in [-0.3, -0.25) is 10.1 Å². The number of benzene rings is 1. The first kappa shape index (κ1) is 12.8. The summed E-state index contributed by atoms with van der Waals surface area (Å²) in [6, 6.07) is 4.83. The monoisotopic (exact) mass is 278 g/mol. The molecule has 1 atom stereocenters. The Morgan fingerprint density at radius 3 is 3.15 bits per heavy atom. The van der Waals surface area contributed by atoms with E-state index in [1.807, 2.05) is 4.90 Å². The predicted octanol–water partition coefficient (Wildman–Crippen LogP) is 0.900. The third-order valence-corrected chi connectivity index (χ3v) is 3.24. The molecule has 1 fully saturated rings. The molecule has 8 heteroatoms. The third-order valence-electron chi connectivity index (χ3n) is 3.24. The number of non-ortho nitro benzene ring substituents is 1. The summed E-state index contributed by atoms with van der Waals surface area (Å²) in [6.07, 6.45) is -0.0481. The summed E-state index contributed by atoms with van der Waals surface area (Å²) in [7, 11) is 0. The van der Waals surface area contributed by atoms with Gasteiger partial charge in [0.1, 0.15) is 5.52 Å². The molecule has 8 nitrogen and oxygen atoms in total. The maximum Gasteiger partial charge on any atom is 0.298 e. The van der Waals surface area contributed by atoms with Gasteiger partial charge >= 0.3 is 0 Å². The highest BCUT2D eigenvalue weighted by molar-refractivity contribution is 5.77. The van der Waals surface area contributed by atoms with Crippen LogP contribution in [0.5, 0.6) is 0 Å². The van der Waals surface area contributed by atoms with Crippen molar-refractivity contribution in [2.75, 3.05) is 31.1 Å². The fraction of sp³-hybridized carbons (Fsp3) is 0.417. The zero-order chi connectivity index (χ0) is 14.1. The van der Waals surface area contributed by atoms with Gasteiger partial charge in [-0.05, 0) is 6.07 Å². The van der Waals surface area contributed by atoms with Gasteiger partial charge in [-0.1, -0.05) is 0 Å². The molecule has 0 aliphatic carbocycles. The van der Waals surface area contributed by atoms with Crippen LogP contribution in [0.4, 0.5) is 11.7 Å². The van der Waals surface area contributed by atoms with Crippen molar-refractivity contribution in [1.29, 1.82) is 0 Å². The molecule has 0 radical (unpaired) electrons. The molecule has 0 bridgehead atoms. The lowest BCUT2D eigenvalue weighted by atomic mass is 10.3. The van der Waals surface area contributed by atoms with Crippen molar-refractivity contribution in [1.82, 2.24) is 4.98 Å². The molecule has 1 aromatic heterocycles. The minimum absolute atomic E-state index is 0.0120. The fourth-order valence-corrected chi connectivity index (χ4v) is 2.19. The molecular formula is C12H14N4O4. The lowest BCUT2D eigenvalue weighted by molar-refractivity contribution is -0.384. The first-order chi connectivity index (χ1) is 9.67. The second-order valence-electron chi connectivity index (χ2n) is 4.58. The molecule has 1 aliphatic heterocycles. The summed E-state index contributed by atoms with van der Waals surface area (Å²) in [6.45, 7) is 2.25. The summed E-state index contributed by atoms with van der Waals surface area (Å²) < 4.78 is 11.1. The van der Waals surface area contributed by atoms with Crippen LogP contribution in [0, 0.1) is 10.1 Å². The van der Waals surface area contributed by atoms with Crippen molar-refractivity contribution in [2.45, 2.75) is 6.10 Å². The van der Waals surface area contributed by atoms with Gasteiger partial charge in [-0.15, -0.1) is 0 Å². The van der Waals surface area contributed by atoms with Crippen LogP contribution < -0.4 is 10.6 Å². The van der Waals surface area contributed by atoms with Gasteiger partial charge in [0.05, 0.1) is 23.7 Å². The van der Waals surface area contributed by atoms with Crippen LogP contribution >= 0.6 is 0 Å². The quantitative estimate of drug-likeness (QED) is 0.656. The molecular weight excluding hydrogens is 264 g/mol. The van der Waals surface area contributed by atoms with E-state index < -0.39 is 4.92 Å². The maximum atomic E-state index is 10.7. The molecule has 3 rings (SSSR count). The van der Waals surface area contributed by atoms with E-state index in [4.69, 9.17) is 14.9 Å². The maximum absolute atomic E-state index is 10.7. The second kappa shape index (κ2) is 5.06. The van der Waals surface area contributed by atoms with E-state index in [2.05, 4.69) is 4.98 Å². The summed E-state index contributed by atoms with van der Waals surface area (Å²) in [5, 5.41) is 10.7. The number of oxazole rings is 1. The van der Waals surface area contributed by atoms with Crippen molar-refractivity contribution in [3.05, 3.63) is 28.3 Å². The molecule has 106 valence electrons. The summed E-state index contributed by atoms with van der Waals surface area (Å²) >= 11 is 0. The number of aromatic nitrogens is 1. The molecule has 1 aliphatic rings. The molecule has 2 aromatic rings. The van der Waals surface area contributed by atoms with E-state index >= 15 is 0 Å². The Morgan fingerprint density at radius 2 is 2.40 bits per heavy atom. The van der Waals surface area contributed by atoms with Gasteiger partial charge in [-0.25, -0.2) is 0 Å². The number of anilines is 1. The van der Waals surface area contributed by atoms with Crippen LogP contribution in [0.15, 0.2) is 22.6 Å². The standard InChI is InChI=1S/C12H14N4O4/c13-6-9-7-15(3-4-19-9)12-14-10-2-1-8(16(17)18)5-11(10)20-12/h1-2,5,9H,3-4,6-7,13H2. The Hall–Kier alpha value is -2.19. The molecule has 0 saturated carbocycles. The molecule has 20 heavy (non-hydrogen) atoms. The number of nitro groups is 1. The highest BCUT2D eigenvalue weighted by Gasteiger charge is 2.23. The van der Waals surface area contributed by atoms with Gasteiger partial charge in [0.2, 0.25) is 0 Å². The largest absolute Gasteiger partial charge is 0.423 e. The number of rotatable bonds is 3. The van der Waals surface area contributed by atoms with Gasteiger partial charge in [0.25, 0.3) is 11.7 Å². The molecule has 1 unspecified atom stereocenters. The molecule has 0 amide bonds. The number of ether oxygens (including phenoxy) is 1. The summed E-state index contributed by atoms with van der Waals surface area (Å²) in [5.74, 6) is 0. The topological polar surface area (TPSA) is 108 Å². The van der Waals surface area contributed by atoms with Crippen LogP contribution in [-0.4, -0.2) is 42.3 Å². The number of hydrogen-bond acceptors (Lipinski definition) is 7. The molecule has 2 N–H and O–H groups in total. The van der Waals surface area contributed by atoms with E-state index in [-0.39, 0.29) is 11.8 Å². The molecule has 2 heterocycles. The zero-order valence-electron chi connectivity index (χ0n) is 10.7. The van der Waals surface area contributed by atoms with Crippen molar-refractivity contribution in [2.24, 2.45) is 5.73 Å².